The Morgan fingerprint density at radius 1 is 1.03 bits per heavy atom. The van der Waals surface area contributed by atoms with E-state index in [4.69, 9.17) is 14.2 Å². The average Bonchev–Trinajstić information content (AvgIpc) is 2.72. The van der Waals surface area contributed by atoms with Crippen LogP contribution in [0.1, 0.15) is 32.3 Å². The zero-order chi connectivity index (χ0) is 21.9. The molecule has 1 aliphatic heterocycles. The van der Waals surface area contributed by atoms with E-state index >= 15 is 0 Å². The first-order valence-corrected chi connectivity index (χ1v) is 11.1. The summed E-state index contributed by atoms with van der Waals surface area (Å²) in [5.74, 6) is 0.981. The quantitative estimate of drug-likeness (QED) is 0.695. The van der Waals surface area contributed by atoms with Crippen molar-refractivity contribution in [3.63, 3.8) is 0 Å². The SMILES string of the molecule is COc1ccc(C(C)C)cc1S(=O)(=O)NC(C)C(=O)Nc1ccc2c(c1)OCCO2. The van der Waals surface area contributed by atoms with Crippen molar-refractivity contribution in [3.8, 4) is 17.2 Å². The number of methoxy groups -OCH3 is 1. The number of amides is 1. The van der Waals surface area contributed by atoms with Gasteiger partial charge < -0.3 is 19.5 Å². The molecule has 2 aromatic carbocycles. The van der Waals surface area contributed by atoms with Crippen molar-refractivity contribution in [2.75, 3.05) is 25.6 Å². The Morgan fingerprint density at radius 2 is 1.73 bits per heavy atom. The molecule has 0 radical (unpaired) electrons. The number of rotatable bonds is 7. The minimum Gasteiger partial charge on any atom is -0.495 e. The molecule has 162 valence electrons. The molecule has 0 saturated heterocycles. The van der Waals surface area contributed by atoms with Crippen molar-refractivity contribution < 1.29 is 27.4 Å². The van der Waals surface area contributed by atoms with Gasteiger partial charge in [0.25, 0.3) is 0 Å². The maximum Gasteiger partial charge on any atom is 0.244 e. The monoisotopic (exact) mass is 434 g/mol. The second kappa shape index (κ2) is 8.93. The van der Waals surface area contributed by atoms with Crippen LogP contribution in [0.5, 0.6) is 17.2 Å². The lowest BCUT2D eigenvalue weighted by atomic mass is 10.0. The summed E-state index contributed by atoms with van der Waals surface area (Å²) < 4.78 is 44.5. The molecule has 8 nitrogen and oxygen atoms in total. The highest BCUT2D eigenvalue weighted by molar-refractivity contribution is 7.89. The first kappa shape index (κ1) is 21.9. The Hall–Kier alpha value is -2.78. The summed E-state index contributed by atoms with van der Waals surface area (Å²) in [6.45, 7) is 6.31. The van der Waals surface area contributed by atoms with E-state index in [9.17, 15) is 13.2 Å². The van der Waals surface area contributed by atoms with Crippen molar-refractivity contribution in [3.05, 3.63) is 42.0 Å². The molecule has 3 rings (SSSR count). The van der Waals surface area contributed by atoms with Crippen LogP contribution in [0.4, 0.5) is 5.69 Å². The predicted octanol–water partition coefficient (Wildman–Crippen LogP) is 2.90. The van der Waals surface area contributed by atoms with Gasteiger partial charge in [0.2, 0.25) is 15.9 Å². The Kier molecular flexibility index (Phi) is 6.52. The first-order valence-electron chi connectivity index (χ1n) is 9.62. The lowest BCUT2D eigenvalue weighted by Crippen LogP contribution is -2.41. The molecule has 1 amide bonds. The third-order valence-electron chi connectivity index (χ3n) is 4.68. The van der Waals surface area contributed by atoms with E-state index in [2.05, 4.69) is 10.0 Å². The molecule has 1 heterocycles. The molecular weight excluding hydrogens is 408 g/mol. The van der Waals surface area contributed by atoms with Crippen LogP contribution >= 0.6 is 0 Å². The van der Waals surface area contributed by atoms with Crippen LogP contribution in [0.3, 0.4) is 0 Å². The number of benzene rings is 2. The zero-order valence-corrected chi connectivity index (χ0v) is 18.2. The van der Waals surface area contributed by atoms with E-state index in [1.165, 1.54) is 14.0 Å². The van der Waals surface area contributed by atoms with Crippen LogP contribution in [0.15, 0.2) is 41.3 Å². The number of carbonyl (C=O) groups excluding carboxylic acids is 1. The van der Waals surface area contributed by atoms with Crippen molar-refractivity contribution in [2.45, 2.75) is 37.6 Å². The topological polar surface area (TPSA) is 103 Å². The number of sulfonamides is 1. The maximum atomic E-state index is 12.9. The second-order valence-corrected chi connectivity index (χ2v) is 8.94. The highest BCUT2D eigenvalue weighted by Gasteiger charge is 2.26. The summed E-state index contributed by atoms with van der Waals surface area (Å²) in [4.78, 5) is 12.6. The summed E-state index contributed by atoms with van der Waals surface area (Å²) in [6, 6.07) is 8.99. The Bertz CT molecular complexity index is 1040. The summed E-state index contributed by atoms with van der Waals surface area (Å²) >= 11 is 0. The Balaban J connectivity index is 1.75. The van der Waals surface area contributed by atoms with Gasteiger partial charge >= 0.3 is 0 Å². The molecule has 1 unspecified atom stereocenters. The molecule has 9 heteroatoms. The minimum atomic E-state index is -3.99. The highest BCUT2D eigenvalue weighted by atomic mass is 32.2. The van der Waals surface area contributed by atoms with Gasteiger partial charge in [-0.25, -0.2) is 8.42 Å². The van der Waals surface area contributed by atoms with Crippen molar-refractivity contribution in [1.29, 1.82) is 0 Å². The fraction of sp³-hybridized carbons (Fsp3) is 0.381. The number of nitrogens with one attached hydrogen (secondary N) is 2. The molecule has 0 aromatic heterocycles. The molecule has 1 aliphatic rings. The largest absolute Gasteiger partial charge is 0.495 e. The fourth-order valence-corrected chi connectivity index (χ4v) is 4.39. The van der Waals surface area contributed by atoms with Gasteiger partial charge in [0, 0.05) is 11.8 Å². The van der Waals surface area contributed by atoms with E-state index in [0.717, 1.165) is 5.56 Å². The number of hydrogen-bond donors (Lipinski definition) is 2. The van der Waals surface area contributed by atoms with Crippen molar-refractivity contribution in [1.82, 2.24) is 4.72 Å². The highest BCUT2D eigenvalue weighted by Crippen LogP contribution is 2.32. The van der Waals surface area contributed by atoms with Crippen molar-refractivity contribution in [2.24, 2.45) is 0 Å². The predicted molar refractivity (Wildman–Crippen MR) is 113 cm³/mol. The summed E-state index contributed by atoms with van der Waals surface area (Å²) in [7, 11) is -2.59. The smallest absolute Gasteiger partial charge is 0.244 e. The van der Waals surface area contributed by atoms with E-state index in [1.807, 2.05) is 19.9 Å². The average molecular weight is 435 g/mol. The zero-order valence-electron chi connectivity index (χ0n) is 17.4. The van der Waals surface area contributed by atoms with Crippen LogP contribution in [0, 0.1) is 0 Å². The van der Waals surface area contributed by atoms with Gasteiger partial charge in [-0.3, -0.25) is 4.79 Å². The molecule has 0 aliphatic carbocycles. The number of hydrogen-bond acceptors (Lipinski definition) is 6. The van der Waals surface area contributed by atoms with Gasteiger partial charge in [-0.15, -0.1) is 0 Å². The minimum absolute atomic E-state index is 0.00446. The molecule has 2 N–H and O–H groups in total. The molecule has 0 spiro atoms. The second-order valence-electron chi connectivity index (χ2n) is 7.26. The summed E-state index contributed by atoms with van der Waals surface area (Å²) in [6.07, 6.45) is 0. The van der Waals surface area contributed by atoms with E-state index in [1.54, 1.807) is 30.3 Å². The molecule has 0 saturated carbocycles. The molecular formula is C21H26N2O6S. The normalized spacial score (nSPS) is 14.3. The third-order valence-corrected chi connectivity index (χ3v) is 6.24. The van der Waals surface area contributed by atoms with Crippen LogP contribution in [-0.4, -0.2) is 40.7 Å². The summed E-state index contributed by atoms with van der Waals surface area (Å²) in [5.41, 5.74) is 1.33. The van der Waals surface area contributed by atoms with Crippen LogP contribution < -0.4 is 24.2 Å². The molecule has 2 aromatic rings. The summed E-state index contributed by atoms with van der Waals surface area (Å²) in [5, 5.41) is 2.69. The molecule has 1 atom stereocenters. The Labute approximate surface area is 176 Å². The van der Waals surface area contributed by atoms with Crippen molar-refractivity contribution >= 4 is 21.6 Å². The van der Waals surface area contributed by atoms with Crippen LogP contribution in [0.25, 0.3) is 0 Å². The van der Waals surface area contributed by atoms with E-state index < -0.39 is 22.0 Å². The lowest BCUT2D eigenvalue weighted by molar-refractivity contribution is -0.117. The third kappa shape index (κ3) is 4.85. The maximum absolute atomic E-state index is 12.9. The number of carbonyl (C=O) groups is 1. The van der Waals surface area contributed by atoms with E-state index in [-0.39, 0.29) is 16.6 Å². The van der Waals surface area contributed by atoms with Gasteiger partial charge in [-0.05, 0) is 42.7 Å². The molecule has 0 bridgehead atoms. The van der Waals surface area contributed by atoms with Gasteiger partial charge in [0.05, 0.1) is 13.2 Å². The van der Waals surface area contributed by atoms with Crippen LogP contribution in [-0.2, 0) is 14.8 Å². The number of ether oxygens (including phenoxy) is 3. The van der Waals surface area contributed by atoms with Gasteiger partial charge in [-0.1, -0.05) is 19.9 Å². The number of anilines is 1. The van der Waals surface area contributed by atoms with E-state index in [0.29, 0.717) is 30.4 Å². The lowest BCUT2D eigenvalue weighted by Gasteiger charge is -2.20. The number of fused-ring (bicyclic) bond motifs is 1. The molecule has 30 heavy (non-hydrogen) atoms. The van der Waals surface area contributed by atoms with Crippen LogP contribution in [0.2, 0.25) is 0 Å². The molecule has 0 fully saturated rings. The van der Waals surface area contributed by atoms with Gasteiger partial charge in [-0.2, -0.15) is 4.72 Å². The standard InChI is InChI=1S/C21H26N2O6S/c1-13(2)15-5-7-18(27-4)20(11-15)30(25,26)23-14(3)21(24)22-16-6-8-17-19(12-16)29-10-9-28-17/h5-8,11-14,23H,9-10H2,1-4H3,(H,22,24). The Morgan fingerprint density at radius 3 is 2.40 bits per heavy atom. The fourth-order valence-electron chi connectivity index (χ4n) is 2.98. The van der Waals surface area contributed by atoms with Gasteiger partial charge in [0.1, 0.15) is 23.9 Å². The first-order chi connectivity index (χ1) is 14.2. The van der Waals surface area contributed by atoms with Gasteiger partial charge in [0.15, 0.2) is 11.5 Å².